The highest BCUT2D eigenvalue weighted by Crippen LogP contribution is 2.33. The molecule has 3 aromatic heterocycles. The summed E-state index contributed by atoms with van der Waals surface area (Å²) in [6, 6.07) is 6.01. The van der Waals surface area contributed by atoms with Crippen LogP contribution in [0.2, 0.25) is 25.7 Å². The van der Waals surface area contributed by atoms with Gasteiger partial charge in [-0.1, -0.05) is 19.6 Å². The Kier molecular flexibility index (Phi) is 5.82. The standard InChI is InChI=1S/C22H24F3N5OSi/c1-32(2,3)11-10-31-13-29-9-8-27-22(29)20-17-7-4-14(21(25)30(17)12-28-20)18-15(23)5-6-16(26)19(18)24/h4-9,12H,10-11,13,26H2,1-3H3. The van der Waals surface area contributed by atoms with Crippen LogP contribution in [0.5, 0.6) is 0 Å². The number of aromatic nitrogens is 4. The SMILES string of the molecule is C[Si](C)(C)CCOCn1ccnc1-c1ncn2c(F)c(-c3c(F)ccc(N)c3F)ccc12. The molecule has 0 unspecified atom stereocenters. The summed E-state index contributed by atoms with van der Waals surface area (Å²) in [6.07, 6.45) is 4.64. The first kappa shape index (κ1) is 22.1. The van der Waals surface area contributed by atoms with Crippen LogP contribution in [-0.2, 0) is 11.5 Å². The van der Waals surface area contributed by atoms with Crippen molar-refractivity contribution in [3.63, 3.8) is 0 Å². The number of fused-ring (bicyclic) bond motifs is 1. The number of nitrogens with two attached hydrogens (primary N) is 1. The number of hydrogen-bond acceptors (Lipinski definition) is 4. The number of nitrogens with zero attached hydrogens (tertiary/aromatic N) is 4. The number of benzene rings is 1. The van der Waals surface area contributed by atoms with E-state index in [2.05, 4.69) is 29.6 Å². The fraction of sp³-hybridized carbons (Fsp3) is 0.273. The van der Waals surface area contributed by atoms with E-state index in [0.29, 0.717) is 30.4 Å². The van der Waals surface area contributed by atoms with Gasteiger partial charge in [-0.15, -0.1) is 0 Å². The number of hydrogen-bond donors (Lipinski definition) is 1. The van der Waals surface area contributed by atoms with Crippen molar-refractivity contribution in [1.29, 1.82) is 0 Å². The Bertz CT molecular complexity index is 1280. The van der Waals surface area contributed by atoms with Gasteiger partial charge in [0.05, 0.1) is 16.8 Å². The Hall–Kier alpha value is -3.11. The third kappa shape index (κ3) is 4.15. The van der Waals surface area contributed by atoms with Crippen LogP contribution in [0.4, 0.5) is 18.9 Å². The largest absolute Gasteiger partial charge is 0.396 e. The number of nitrogen functional groups attached to an aromatic ring is 1. The zero-order valence-corrected chi connectivity index (χ0v) is 19.1. The average molecular weight is 460 g/mol. The van der Waals surface area contributed by atoms with Crippen LogP contribution < -0.4 is 5.73 Å². The molecule has 4 rings (SSSR count). The van der Waals surface area contributed by atoms with Crippen LogP contribution >= 0.6 is 0 Å². The van der Waals surface area contributed by atoms with Crippen LogP contribution in [0, 0.1) is 17.6 Å². The predicted octanol–water partition coefficient (Wildman–Crippen LogP) is 5.18. The summed E-state index contributed by atoms with van der Waals surface area (Å²) in [6.45, 7) is 7.77. The zero-order valence-electron chi connectivity index (χ0n) is 18.1. The van der Waals surface area contributed by atoms with Crippen molar-refractivity contribution in [2.45, 2.75) is 32.4 Å². The molecule has 0 saturated heterocycles. The molecule has 1 aromatic carbocycles. The Labute approximate surface area is 184 Å². The van der Waals surface area contributed by atoms with Gasteiger partial charge in [0.1, 0.15) is 24.6 Å². The maximum absolute atomic E-state index is 15.3. The van der Waals surface area contributed by atoms with E-state index in [9.17, 15) is 8.78 Å². The van der Waals surface area contributed by atoms with E-state index in [4.69, 9.17) is 10.5 Å². The summed E-state index contributed by atoms with van der Waals surface area (Å²) < 4.78 is 52.7. The van der Waals surface area contributed by atoms with Gasteiger partial charge in [0, 0.05) is 32.6 Å². The molecule has 0 aliphatic rings. The van der Waals surface area contributed by atoms with Gasteiger partial charge < -0.3 is 15.0 Å². The number of anilines is 1. The molecule has 0 bridgehead atoms. The molecule has 0 atom stereocenters. The van der Waals surface area contributed by atoms with E-state index < -0.39 is 31.2 Å². The lowest BCUT2D eigenvalue weighted by atomic mass is 10.0. The highest BCUT2D eigenvalue weighted by molar-refractivity contribution is 6.76. The lowest BCUT2D eigenvalue weighted by molar-refractivity contribution is 0.0882. The molecule has 0 spiro atoms. The minimum Gasteiger partial charge on any atom is -0.396 e. The smallest absolute Gasteiger partial charge is 0.207 e. The molecule has 6 nitrogen and oxygen atoms in total. The summed E-state index contributed by atoms with van der Waals surface area (Å²) in [5, 5.41) is 0. The Balaban J connectivity index is 1.68. The number of ether oxygens (including phenoxy) is 1. The molecule has 0 aliphatic heterocycles. The number of pyridine rings is 1. The molecule has 3 heterocycles. The van der Waals surface area contributed by atoms with Gasteiger partial charge in [0.2, 0.25) is 5.95 Å². The van der Waals surface area contributed by atoms with Gasteiger partial charge in [-0.05, 0) is 30.3 Å². The second kappa shape index (κ2) is 8.44. The van der Waals surface area contributed by atoms with Crippen LogP contribution in [0.3, 0.4) is 0 Å². The second-order valence-corrected chi connectivity index (χ2v) is 14.4. The van der Waals surface area contributed by atoms with Crippen LogP contribution in [0.25, 0.3) is 28.2 Å². The number of rotatable bonds is 7. The first-order valence-corrected chi connectivity index (χ1v) is 13.9. The van der Waals surface area contributed by atoms with Crippen molar-refractivity contribution in [2.24, 2.45) is 0 Å². The molecule has 32 heavy (non-hydrogen) atoms. The molecular formula is C22H24F3N5OSi. The highest BCUT2D eigenvalue weighted by Gasteiger charge is 2.22. The number of imidazole rings is 2. The molecule has 10 heteroatoms. The molecule has 168 valence electrons. The Morgan fingerprint density at radius 1 is 1.06 bits per heavy atom. The maximum atomic E-state index is 15.3. The second-order valence-electron chi connectivity index (χ2n) is 8.78. The molecule has 0 aliphatic carbocycles. The summed E-state index contributed by atoms with van der Waals surface area (Å²) in [4.78, 5) is 8.65. The van der Waals surface area contributed by atoms with E-state index in [0.717, 1.165) is 22.6 Å². The fourth-order valence-electron chi connectivity index (χ4n) is 3.38. The predicted molar refractivity (Wildman–Crippen MR) is 120 cm³/mol. The quantitative estimate of drug-likeness (QED) is 0.179. The lowest BCUT2D eigenvalue weighted by Crippen LogP contribution is -2.22. The average Bonchev–Trinajstić information content (AvgIpc) is 3.36. The minimum atomic E-state index is -1.20. The molecule has 0 saturated carbocycles. The van der Waals surface area contributed by atoms with Crippen molar-refractivity contribution >= 4 is 19.3 Å². The molecule has 2 N–H and O–H groups in total. The zero-order chi connectivity index (χ0) is 23.0. The van der Waals surface area contributed by atoms with Crippen molar-refractivity contribution in [3.05, 3.63) is 60.6 Å². The summed E-state index contributed by atoms with van der Waals surface area (Å²) in [7, 11) is -1.20. The van der Waals surface area contributed by atoms with E-state index >= 15 is 4.39 Å². The van der Waals surface area contributed by atoms with Crippen molar-refractivity contribution < 1.29 is 17.9 Å². The molecule has 4 aromatic rings. The van der Waals surface area contributed by atoms with E-state index in [1.165, 1.54) is 12.4 Å². The Morgan fingerprint density at radius 3 is 2.59 bits per heavy atom. The van der Waals surface area contributed by atoms with Gasteiger partial charge in [-0.3, -0.25) is 4.40 Å². The van der Waals surface area contributed by atoms with E-state index in [1.54, 1.807) is 23.0 Å². The number of halogens is 3. The fourth-order valence-corrected chi connectivity index (χ4v) is 4.14. The topological polar surface area (TPSA) is 70.4 Å². The lowest BCUT2D eigenvalue weighted by Gasteiger charge is -2.16. The normalized spacial score (nSPS) is 12.1. The van der Waals surface area contributed by atoms with Crippen LogP contribution in [0.1, 0.15) is 0 Å². The van der Waals surface area contributed by atoms with Crippen LogP contribution in [-0.4, -0.2) is 33.6 Å². The third-order valence-corrected chi connectivity index (χ3v) is 6.89. The summed E-state index contributed by atoms with van der Waals surface area (Å²) >= 11 is 0. The van der Waals surface area contributed by atoms with Gasteiger partial charge in [0.25, 0.3) is 0 Å². The van der Waals surface area contributed by atoms with E-state index in [1.807, 2.05) is 0 Å². The summed E-state index contributed by atoms with van der Waals surface area (Å²) in [5.41, 5.74) is 5.36. The summed E-state index contributed by atoms with van der Waals surface area (Å²) in [5.74, 6) is -2.25. The minimum absolute atomic E-state index is 0.248. The van der Waals surface area contributed by atoms with Crippen molar-refractivity contribution in [2.75, 3.05) is 12.3 Å². The van der Waals surface area contributed by atoms with Gasteiger partial charge in [-0.25, -0.2) is 18.7 Å². The third-order valence-electron chi connectivity index (χ3n) is 5.19. The van der Waals surface area contributed by atoms with Gasteiger partial charge in [-0.2, -0.15) is 4.39 Å². The first-order valence-electron chi connectivity index (χ1n) is 10.2. The molecule has 0 amide bonds. The highest BCUT2D eigenvalue weighted by atomic mass is 28.3. The first-order chi connectivity index (χ1) is 15.2. The maximum Gasteiger partial charge on any atom is 0.207 e. The monoisotopic (exact) mass is 459 g/mol. The molecule has 0 fully saturated rings. The van der Waals surface area contributed by atoms with Gasteiger partial charge in [0.15, 0.2) is 11.6 Å². The Morgan fingerprint density at radius 2 is 1.84 bits per heavy atom. The molecular weight excluding hydrogens is 435 g/mol. The van der Waals surface area contributed by atoms with Crippen LogP contribution in [0.15, 0.2) is 43.0 Å². The molecule has 0 radical (unpaired) electrons. The van der Waals surface area contributed by atoms with Crippen molar-refractivity contribution in [1.82, 2.24) is 18.9 Å². The van der Waals surface area contributed by atoms with E-state index in [-0.39, 0.29) is 11.3 Å². The van der Waals surface area contributed by atoms with Gasteiger partial charge >= 0.3 is 0 Å². The van der Waals surface area contributed by atoms with Crippen molar-refractivity contribution in [3.8, 4) is 22.6 Å².